The predicted octanol–water partition coefficient (Wildman–Crippen LogP) is 4.95. The standard InChI is InChI=1S/C22H23NO3S/c1-24-22-13-16(8-9-21(22)26-15-17-5-4-12-27-17)14-23-19-10-11-25-20-7-3-2-6-18(19)20/h2-9,12-13,19,23H,10-11,14-15H2,1H3. The zero-order valence-corrected chi connectivity index (χ0v) is 16.1. The molecule has 4 rings (SSSR count). The van der Waals surface area contributed by atoms with Crippen LogP contribution in [-0.2, 0) is 13.2 Å². The molecule has 0 amide bonds. The Kier molecular flexibility index (Phi) is 5.61. The molecule has 1 aromatic heterocycles. The normalized spacial score (nSPS) is 15.7. The Morgan fingerprint density at radius 1 is 1.11 bits per heavy atom. The molecule has 0 radical (unpaired) electrons. The van der Waals surface area contributed by atoms with E-state index in [1.54, 1.807) is 18.4 Å². The summed E-state index contributed by atoms with van der Waals surface area (Å²) in [6, 6.07) is 18.8. The van der Waals surface area contributed by atoms with E-state index >= 15 is 0 Å². The smallest absolute Gasteiger partial charge is 0.161 e. The molecule has 140 valence electrons. The van der Waals surface area contributed by atoms with Crippen LogP contribution in [0.3, 0.4) is 0 Å². The highest BCUT2D eigenvalue weighted by Crippen LogP contribution is 2.33. The average Bonchev–Trinajstić information content (AvgIpc) is 3.24. The Morgan fingerprint density at radius 2 is 2.04 bits per heavy atom. The van der Waals surface area contributed by atoms with E-state index in [4.69, 9.17) is 14.2 Å². The van der Waals surface area contributed by atoms with Gasteiger partial charge in [-0.3, -0.25) is 0 Å². The van der Waals surface area contributed by atoms with E-state index in [2.05, 4.69) is 35.0 Å². The van der Waals surface area contributed by atoms with Crippen LogP contribution in [0, 0.1) is 0 Å². The van der Waals surface area contributed by atoms with Crippen molar-refractivity contribution in [1.82, 2.24) is 5.32 Å². The minimum absolute atomic E-state index is 0.302. The predicted molar refractivity (Wildman–Crippen MR) is 108 cm³/mol. The van der Waals surface area contributed by atoms with Gasteiger partial charge in [0.15, 0.2) is 11.5 Å². The number of nitrogens with one attached hydrogen (secondary N) is 1. The molecule has 0 saturated carbocycles. The molecule has 2 heterocycles. The quantitative estimate of drug-likeness (QED) is 0.629. The number of benzene rings is 2. The van der Waals surface area contributed by atoms with Crippen molar-refractivity contribution >= 4 is 11.3 Å². The first-order valence-electron chi connectivity index (χ1n) is 9.10. The summed E-state index contributed by atoms with van der Waals surface area (Å²) >= 11 is 1.69. The lowest BCUT2D eigenvalue weighted by Crippen LogP contribution is -2.26. The average molecular weight is 381 g/mol. The SMILES string of the molecule is COc1cc(CNC2CCOc3ccccc32)ccc1OCc1cccs1. The molecule has 0 bridgehead atoms. The minimum atomic E-state index is 0.302. The molecule has 1 aliphatic heterocycles. The van der Waals surface area contributed by atoms with Gasteiger partial charge in [-0.2, -0.15) is 0 Å². The lowest BCUT2D eigenvalue weighted by molar-refractivity contribution is 0.252. The van der Waals surface area contributed by atoms with E-state index in [0.717, 1.165) is 36.8 Å². The van der Waals surface area contributed by atoms with Crippen molar-refractivity contribution in [3.05, 3.63) is 76.0 Å². The number of hydrogen-bond donors (Lipinski definition) is 1. The number of methoxy groups -OCH3 is 1. The van der Waals surface area contributed by atoms with Crippen LogP contribution in [0.15, 0.2) is 60.0 Å². The summed E-state index contributed by atoms with van der Waals surface area (Å²) in [6.07, 6.45) is 0.968. The van der Waals surface area contributed by atoms with Gasteiger partial charge in [0, 0.05) is 29.4 Å². The van der Waals surface area contributed by atoms with Crippen LogP contribution < -0.4 is 19.5 Å². The number of fused-ring (bicyclic) bond motifs is 1. The third kappa shape index (κ3) is 4.26. The molecule has 0 fully saturated rings. The highest BCUT2D eigenvalue weighted by Gasteiger charge is 2.20. The number of hydrogen-bond acceptors (Lipinski definition) is 5. The third-order valence-corrected chi connectivity index (χ3v) is 5.54. The van der Waals surface area contributed by atoms with Gasteiger partial charge in [-0.25, -0.2) is 0 Å². The van der Waals surface area contributed by atoms with Crippen molar-refractivity contribution in [2.24, 2.45) is 0 Å². The molecular weight excluding hydrogens is 358 g/mol. The lowest BCUT2D eigenvalue weighted by Gasteiger charge is -2.27. The van der Waals surface area contributed by atoms with Gasteiger partial charge < -0.3 is 19.5 Å². The fourth-order valence-electron chi connectivity index (χ4n) is 3.28. The minimum Gasteiger partial charge on any atom is -0.493 e. The first kappa shape index (κ1) is 17.9. The van der Waals surface area contributed by atoms with Crippen LogP contribution in [-0.4, -0.2) is 13.7 Å². The monoisotopic (exact) mass is 381 g/mol. The van der Waals surface area contributed by atoms with E-state index in [0.29, 0.717) is 12.6 Å². The van der Waals surface area contributed by atoms with Crippen molar-refractivity contribution in [3.8, 4) is 17.2 Å². The molecule has 1 unspecified atom stereocenters. The number of para-hydroxylation sites is 1. The summed E-state index contributed by atoms with van der Waals surface area (Å²) < 4.78 is 17.2. The molecule has 1 N–H and O–H groups in total. The maximum absolute atomic E-state index is 5.92. The zero-order valence-electron chi connectivity index (χ0n) is 15.3. The van der Waals surface area contributed by atoms with Gasteiger partial charge >= 0.3 is 0 Å². The Bertz CT molecular complexity index is 879. The lowest BCUT2D eigenvalue weighted by atomic mass is 10.0. The second-order valence-electron chi connectivity index (χ2n) is 6.46. The van der Waals surface area contributed by atoms with Crippen LogP contribution in [0.2, 0.25) is 0 Å². The maximum Gasteiger partial charge on any atom is 0.161 e. The zero-order chi connectivity index (χ0) is 18.5. The highest BCUT2D eigenvalue weighted by atomic mass is 32.1. The Balaban J connectivity index is 1.41. The van der Waals surface area contributed by atoms with E-state index in [1.807, 2.05) is 30.3 Å². The van der Waals surface area contributed by atoms with Gasteiger partial charge in [0.25, 0.3) is 0 Å². The number of thiophene rings is 1. The summed E-state index contributed by atoms with van der Waals surface area (Å²) in [6.45, 7) is 2.07. The molecule has 1 atom stereocenters. The van der Waals surface area contributed by atoms with Gasteiger partial charge in [0.05, 0.1) is 13.7 Å². The molecule has 27 heavy (non-hydrogen) atoms. The van der Waals surface area contributed by atoms with Gasteiger partial charge in [0.2, 0.25) is 0 Å². The molecule has 1 aliphatic rings. The molecular formula is C22H23NO3S. The Labute approximate surface area is 163 Å². The van der Waals surface area contributed by atoms with Gasteiger partial charge in [-0.15, -0.1) is 11.3 Å². The summed E-state index contributed by atoms with van der Waals surface area (Å²) in [5.74, 6) is 2.51. The van der Waals surface area contributed by atoms with Gasteiger partial charge in [-0.05, 0) is 35.2 Å². The highest BCUT2D eigenvalue weighted by molar-refractivity contribution is 7.09. The fourth-order valence-corrected chi connectivity index (χ4v) is 3.90. The maximum atomic E-state index is 5.92. The summed E-state index contributed by atoms with van der Waals surface area (Å²) in [4.78, 5) is 1.20. The first-order chi connectivity index (χ1) is 13.3. The van der Waals surface area contributed by atoms with Crippen molar-refractivity contribution < 1.29 is 14.2 Å². The van der Waals surface area contributed by atoms with Crippen LogP contribution in [0.25, 0.3) is 0 Å². The molecule has 5 heteroatoms. The van der Waals surface area contributed by atoms with Crippen LogP contribution >= 0.6 is 11.3 Å². The summed E-state index contributed by atoms with van der Waals surface area (Å²) in [5, 5.41) is 5.70. The third-order valence-electron chi connectivity index (χ3n) is 4.69. The molecule has 0 aliphatic carbocycles. The largest absolute Gasteiger partial charge is 0.493 e. The fraction of sp³-hybridized carbons (Fsp3) is 0.273. The van der Waals surface area contributed by atoms with Crippen LogP contribution in [0.4, 0.5) is 0 Å². The van der Waals surface area contributed by atoms with Gasteiger partial charge in [-0.1, -0.05) is 30.3 Å². The number of ether oxygens (including phenoxy) is 3. The molecule has 0 spiro atoms. The second-order valence-corrected chi connectivity index (χ2v) is 7.49. The van der Waals surface area contributed by atoms with E-state index < -0.39 is 0 Å². The van der Waals surface area contributed by atoms with E-state index in [9.17, 15) is 0 Å². The molecule has 3 aromatic rings. The van der Waals surface area contributed by atoms with Gasteiger partial charge in [0.1, 0.15) is 12.4 Å². The van der Waals surface area contributed by atoms with Crippen LogP contribution in [0.5, 0.6) is 17.2 Å². The first-order valence-corrected chi connectivity index (χ1v) is 9.98. The van der Waals surface area contributed by atoms with Crippen molar-refractivity contribution in [2.45, 2.75) is 25.6 Å². The molecule has 4 nitrogen and oxygen atoms in total. The van der Waals surface area contributed by atoms with Crippen LogP contribution in [0.1, 0.15) is 28.5 Å². The summed E-state index contributed by atoms with van der Waals surface area (Å²) in [5.41, 5.74) is 2.39. The second kappa shape index (κ2) is 8.46. The molecule has 2 aromatic carbocycles. The van der Waals surface area contributed by atoms with E-state index in [-0.39, 0.29) is 0 Å². The summed E-state index contributed by atoms with van der Waals surface area (Å²) in [7, 11) is 1.68. The van der Waals surface area contributed by atoms with Crippen molar-refractivity contribution in [3.63, 3.8) is 0 Å². The number of rotatable bonds is 7. The Morgan fingerprint density at radius 3 is 2.89 bits per heavy atom. The van der Waals surface area contributed by atoms with Crippen molar-refractivity contribution in [1.29, 1.82) is 0 Å². The van der Waals surface area contributed by atoms with Crippen molar-refractivity contribution in [2.75, 3.05) is 13.7 Å². The molecule has 0 saturated heterocycles. The topological polar surface area (TPSA) is 39.7 Å². The Hall–Kier alpha value is -2.50. The van der Waals surface area contributed by atoms with E-state index in [1.165, 1.54) is 16.0 Å².